The average Bonchev–Trinajstić information content (AvgIpc) is 2.47. The highest BCUT2D eigenvalue weighted by Gasteiger charge is 2.10. The molecule has 6 heteroatoms. The quantitative estimate of drug-likeness (QED) is 0.792. The van der Waals surface area contributed by atoms with Gasteiger partial charge in [-0.1, -0.05) is 17.7 Å². The van der Waals surface area contributed by atoms with Crippen molar-refractivity contribution in [1.29, 1.82) is 0 Å². The monoisotopic (exact) mass is 312 g/mol. The van der Waals surface area contributed by atoms with Crippen molar-refractivity contribution >= 4 is 11.6 Å². The molecule has 3 nitrogen and oxygen atoms in total. The first kappa shape index (κ1) is 15.7. The van der Waals surface area contributed by atoms with Crippen LogP contribution in [0.2, 0.25) is 5.02 Å². The van der Waals surface area contributed by atoms with Crippen molar-refractivity contribution in [3.63, 3.8) is 0 Å². The highest BCUT2D eigenvalue weighted by atomic mass is 35.5. The average molecular weight is 313 g/mol. The minimum atomic E-state index is -2.85. The summed E-state index contributed by atoms with van der Waals surface area (Å²) >= 11 is 5.88. The molecule has 21 heavy (non-hydrogen) atoms. The second kappa shape index (κ2) is 7.90. The van der Waals surface area contributed by atoms with Gasteiger partial charge in [-0.2, -0.15) is 8.78 Å². The first-order chi connectivity index (χ1) is 10.1. The molecule has 0 fully saturated rings. The Bertz CT molecular complexity index is 567. The maximum absolute atomic E-state index is 12.3. The number of pyridine rings is 1. The van der Waals surface area contributed by atoms with Crippen molar-refractivity contribution in [3.05, 3.63) is 58.9 Å². The third kappa shape index (κ3) is 5.28. The predicted octanol–water partition coefficient (Wildman–Crippen LogP) is 3.67. The Morgan fingerprint density at radius 3 is 2.81 bits per heavy atom. The van der Waals surface area contributed by atoms with Gasteiger partial charge in [-0.05, 0) is 30.3 Å². The summed E-state index contributed by atoms with van der Waals surface area (Å²) in [7, 11) is 0. The Hall–Kier alpha value is -1.72. The first-order valence-electron chi connectivity index (χ1n) is 6.49. The van der Waals surface area contributed by atoms with Crippen LogP contribution < -0.4 is 10.1 Å². The van der Waals surface area contributed by atoms with E-state index in [4.69, 9.17) is 11.6 Å². The molecule has 1 heterocycles. The molecular formula is C15H15ClF2N2O. The largest absolute Gasteiger partial charge is 0.434 e. The lowest BCUT2D eigenvalue weighted by Crippen LogP contribution is -2.18. The van der Waals surface area contributed by atoms with Gasteiger partial charge in [0.15, 0.2) is 0 Å². The molecule has 0 atom stereocenters. The molecule has 1 N–H and O–H groups in total. The maximum Gasteiger partial charge on any atom is 0.387 e. The molecule has 0 aliphatic heterocycles. The van der Waals surface area contributed by atoms with Crippen molar-refractivity contribution in [2.45, 2.75) is 19.6 Å². The number of nitrogens with zero attached hydrogens (tertiary/aromatic N) is 1. The maximum atomic E-state index is 12.3. The molecule has 0 saturated carbocycles. The summed E-state index contributed by atoms with van der Waals surface area (Å²) in [5, 5.41) is 3.65. The number of ether oxygens (including phenoxy) is 1. The Kier molecular flexibility index (Phi) is 5.90. The van der Waals surface area contributed by atoms with Crippen LogP contribution >= 0.6 is 11.6 Å². The third-order valence-electron chi connectivity index (χ3n) is 2.84. The van der Waals surface area contributed by atoms with Crippen molar-refractivity contribution < 1.29 is 13.5 Å². The minimum absolute atomic E-state index is 0.139. The molecule has 0 unspecified atom stereocenters. The topological polar surface area (TPSA) is 34.1 Å². The molecule has 0 radical (unpaired) electrons. The molecule has 0 aliphatic rings. The number of hydrogen-bond acceptors (Lipinski definition) is 3. The standard InChI is InChI=1S/C15H15ClF2N2O/c16-12-4-5-14(21-15(17)18)11(9-12)10-19-8-6-13-3-1-2-7-20-13/h1-5,7,9,15,19H,6,8,10H2. The summed E-state index contributed by atoms with van der Waals surface area (Å²) in [5.74, 6) is 0.139. The van der Waals surface area contributed by atoms with Crippen molar-refractivity contribution in [3.8, 4) is 5.75 Å². The number of nitrogens with one attached hydrogen (secondary N) is 1. The predicted molar refractivity (Wildman–Crippen MR) is 77.7 cm³/mol. The number of rotatable bonds is 7. The van der Waals surface area contributed by atoms with Crippen LogP contribution in [0.15, 0.2) is 42.6 Å². The zero-order valence-electron chi connectivity index (χ0n) is 11.2. The van der Waals surface area contributed by atoms with Gasteiger partial charge in [0.25, 0.3) is 0 Å². The van der Waals surface area contributed by atoms with Gasteiger partial charge in [-0.3, -0.25) is 4.98 Å². The van der Waals surface area contributed by atoms with E-state index >= 15 is 0 Å². The number of halogens is 3. The lowest BCUT2D eigenvalue weighted by Gasteiger charge is -2.12. The molecule has 0 aliphatic carbocycles. The van der Waals surface area contributed by atoms with E-state index in [1.807, 2.05) is 18.2 Å². The number of benzene rings is 1. The molecule has 2 rings (SSSR count). The van der Waals surface area contributed by atoms with E-state index in [9.17, 15) is 8.78 Å². The summed E-state index contributed by atoms with van der Waals surface area (Å²) < 4.78 is 29.1. The van der Waals surface area contributed by atoms with Crippen LogP contribution in [0, 0.1) is 0 Å². The van der Waals surface area contributed by atoms with E-state index in [-0.39, 0.29) is 5.75 Å². The molecule has 0 saturated heterocycles. The van der Waals surface area contributed by atoms with Crippen LogP contribution in [-0.2, 0) is 13.0 Å². The summed E-state index contributed by atoms with van der Waals surface area (Å²) in [5.41, 5.74) is 1.57. The second-order valence-corrected chi connectivity index (χ2v) is 4.81. The van der Waals surface area contributed by atoms with Crippen LogP contribution in [0.5, 0.6) is 5.75 Å². The van der Waals surface area contributed by atoms with E-state index in [0.717, 1.165) is 12.1 Å². The molecule has 1 aromatic heterocycles. The summed E-state index contributed by atoms with van der Waals surface area (Å²) in [4.78, 5) is 4.21. The smallest absolute Gasteiger partial charge is 0.387 e. The van der Waals surface area contributed by atoms with Gasteiger partial charge < -0.3 is 10.1 Å². The zero-order valence-corrected chi connectivity index (χ0v) is 12.0. The van der Waals surface area contributed by atoms with Gasteiger partial charge in [0, 0.05) is 42.0 Å². The number of aromatic nitrogens is 1. The van der Waals surface area contributed by atoms with Gasteiger partial charge in [0.2, 0.25) is 0 Å². The summed E-state index contributed by atoms with van der Waals surface area (Å²) in [6.45, 7) is -1.77. The van der Waals surface area contributed by atoms with Crippen LogP contribution in [0.1, 0.15) is 11.3 Å². The van der Waals surface area contributed by atoms with E-state index in [1.165, 1.54) is 12.1 Å². The highest BCUT2D eigenvalue weighted by Crippen LogP contribution is 2.24. The fourth-order valence-electron chi connectivity index (χ4n) is 1.88. The van der Waals surface area contributed by atoms with E-state index < -0.39 is 6.61 Å². The van der Waals surface area contributed by atoms with Crippen LogP contribution in [-0.4, -0.2) is 18.1 Å². The number of alkyl halides is 2. The van der Waals surface area contributed by atoms with Crippen LogP contribution in [0.25, 0.3) is 0 Å². The normalized spacial score (nSPS) is 10.9. The minimum Gasteiger partial charge on any atom is -0.434 e. The van der Waals surface area contributed by atoms with Gasteiger partial charge in [-0.15, -0.1) is 0 Å². The van der Waals surface area contributed by atoms with E-state index in [2.05, 4.69) is 15.0 Å². The van der Waals surface area contributed by atoms with Crippen molar-refractivity contribution in [2.24, 2.45) is 0 Å². The Labute approximate surface area is 126 Å². The van der Waals surface area contributed by atoms with Gasteiger partial charge >= 0.3 is 6.61 Å². The van der Waals surface area contributed by atoms with Gasteiger partial charge in [-0.25, -0.2) is 0 Å². The van der Waals surface area contributed by atoms with Crippen LogP contribution in [0.4, 0.5) is 8.78 Å². The Morgan fingerprint density at radius 2 is 2.10 bits per heavy atom. The lowest BCUT2D eigenvalue weighted by molar-refractivity contribution is -0.0504. The van der Waals surface area contributed by atoms with Crippen molar-refractivity contribution in [1.82, 2.24) is 10.3 Å². The fourth-order valence-corrected chi connectivity index (χ4v) is 2.08. The molecule has 0 bridgehead atoms. The molecule has 0 spiro atoms. The SMILES string of the molecule is FC(F)Oc1ccc(Cl)cc1CNCCc1ccccn1. The molecular weight excluding hydrogens is 298 g/mol. The van der Waals surface area contributed by atoms with Gasteiger partial charge in [0.1, 0.15) is 5.75 Å². The molecule has 1 aromatic carbocycles. The lowest BCUT2D eigenvalue weighted by atomic mass is 10.2. The molecule has 2 aromatic rings. The third-order valence-corrected chi connectivity index (χ3v) is 3.07. The number of hydrogen-bond donors (Lipinski definition) is 1. The first-order valence-corrected chi connectivity index (χ1v) is 6.87. The fraction of sp³-hybridized carbons (Fsp3) is 0.267. The molecule has 0 amide bonds. The second-order valence-electron chi connectivity index (χ2n) is 4.38. The van der Waals surface area contributed by atoms with Gasteiger partial charge in [0.05, 0.1) is 0 Å². The summed E-state index contributed by atoms with van der Waals surface area (Å²) in [6, 6.07) is 10.3. The Balaban J connectivity index is 1.88. The zero-order chi connectivity index (χ0) is 15.1. The van der Waals surface area contributed by atoms with Crippen molar-refractivity contribution in [2.75, 3.05) is 6.54 Å². The summed E-state index contributed by atoms with van der Waals surface area (Å²) in [6.07, 6.45) is 2.49. The van der Waals surface area contributed by atoms with E-state index in [1.54, 1.807) is 12.3 Å². The van der Waals surface area contributed by atoms with Crippen LogP contribution in [0.3, 0.4) is 0 Å². The highest BCUT2D eigenvalue weighted by molar-refractivity contribution is 6.30. The van der Waals surface area contributed by atoms with E-state index in [0.29, 0.717) is 23.7 Å². The Morgan fingerprint density at radius 1 is 1.24 bits per heavy atom. The molecule has 112 valence electrons.